The Bertz CT molecular complexity index is 640. The van der Waals surface area contributed by atoms with Crippen LogP contribution < -0.4 is 4.72 Å². The Balaban J connectivity index is 2.41. The molecule has 0 bridgehead atoms. The molecule has 0 radical (unpaired) electrons. The number of nitrogens with one attached hydrogen (secondary N) is 1. The second kappa shape index (κ2) is 4.59. The van der Waals surface area contributed by atoms with Gasteiger partial charge in [0.1, 0.15) is 5.00 Å². The lowest BCUT2D eigenvalue weighted by Crippen LogP contribution is -2.16. The summed E-state index contributed by atoms with van der Waals surface area (Å²) in [6.07, 6.45) is 2.33. The van der Waals surface area contributed by atoms with Gasteiger partial charge in [-0.15, -0.1) is 11.3 Å². The third kappa shape index (κ3) is 2.32. The van der Waals surface area contributed by atoms with Crippen LogP contribution in [0.2, 0.25) is 0 Å². The van der Waals surface area contributed by atoms with E-state index in [0.29, 0.717) is 6.42 Å². The van der Waals surface area contributed by atoms with Gasteiger partial charge in [0.25, 0.3) is 0 Å². The van der Waals surface area contributed by atoms with Gasteiger partial charge in [0.05, 0.1) is 11.6 Å². The lowest BCUT2D eigenvalue weighted by atomic mass is 10.1. The van der Waals surface area contributed by atoms with Crippen LogP contribution in [0.1, 0.15) is 27.2 Å². The minimum absolute atomic E-state index is 0.0361. The monoisotopic (exact) mass is 286 g/mol. The number of thiophene rings is 1. The topological polar surface area (TPSA) is 107 Å². The highest BCUT2D eigenvalue weighted by atomic mass is 32.2. The molecule has 0 atom stereocenters. The Morgan fingerprint density at radius 3 is 2.83 bits per heavy atom. The van der Waals surface area contributed by atoms with Crippen molar-refractivity contribution in [2.24, 2.45) is 0 Å². The van der Waals surface area contributed by atoms with Crippen molar-refractivity contribution in [3.8, 4) is 6.07 Å². The maximum atomic E-state index is 11.5. The zero-order chi connectivity index (χ0) is 13.3. The highest BCUT2D eigenvalue weighted by Gasteiger charge is 2.28. The molecular formula is C10H10N2O4S2. The molecule has 0 unspecified atom stereocenters. The predicted octanol–water partition coefficient (Wildman–Crippen LogP) is 1.20. The molecule has 0 saturated heterocycles. The van der Waals surface area contributed by atoms with E-state index in [4.69, 9.17) is 10.4 Å². The van der Waals surface area contributed by atoms with Crippen molar-refractivity contribution in [3.63, 3.8) is 0 Å². The Morgan fingerprint density at radius 2 is 2.22 bits per heavy atom. The molecule has 1 aromatic heterocycles. The SMILES string of the molecule is N#CCS(=O)(=O)Nc1sc2c(c1C(=O)O)CCC2. The summed E-state index contributed by atoms with van der Waals surface area (Å²) in [5, 5.41) is 17.7. The van der Waals surface area contributed by atoms with E-state index >= 15 is 0 Å². The van der Waals surface area contributed by atoms with E-state index in [1.165, 1.54) is 6.07 Å². The Kier molecular flexibility index (Phi) is 3.28. The first-order valence-corrected chi connectivity index (χ1v) is 7.67. The molecule has 0 fully saturated rings. The highest BCUT2D eigenvalue weighted by molar-refractivity contribution is 7.93. The summed E-state index contributed by atoms with van der Waals surface area (Å²) >= 11 is 1.15. The molecule has 0 aromatic carbocycles. The number of nitrogens with zero attached hydrogens (tertiary/aromatic N) is 1. The number of carboxylic acid groups (broad SMARTS) is 1. The van der Waals surface area contributed by atoms with Crippen LogP contribution in [0.4, 0.5) is 5.00 Å². The molecule has 2 N–H and O–H groups in total. The molecule has 96 valence electrons. The van der Waals surface area contributed by atoms with Gasteiger partial charge in [0, 0.05) is 4.88 Å². The molecule has 2 rings (SSSR count). The standard InChI is InChI=1S/C10H10N2O4S2/c11-4-5-18(15,16)12-9-8(10(13)14)6-2-1-3-7(6)17-9/h12H,1-3,5H2,(H,13,14). The molecule has 0 spiro atoms. The number of rotatable bonds is 4. The van der Waals surface area contributed by atoms with E-state index in [0.717, 1.165) is 34.6 Å². The van der Waals surface area contributed by atoms with E-state index in [2.05, 4.69) is 4.72 Å². The van der Waals surface area contributed by atoms with Crippen molar-refractivity contribution >= 4 is 32.3 Å². The lowest BCUT2D eigenvalue weighted by Gasteiger charge is -2.04. The van der Waals surface area contributed by atoms with Crippen LogP contribution in [0.15, 0.2) is 0 Å². The van der Waals surface area contributed by atoms with Crippen LogP contribution in [0.3, 0.4) is 0 Å². The van der Waals surface area contributed by atoms with Gasteiger partial charge < -0.3 is 5.11 Å². The fraction of sp³-hybridized carbons (Fsp3) is 0.400. The Labute approximate surface area is 108 Å². The molecule has 0 amide bonds. The van der Waals surface area contributed by atoms with Crippen molar-refractivity contribution in [1.29, 1.82) is 5.26 Å². The largest absolute Gasteiger partial charge is 0.478 e. The van der Waals surface area contributed by atoms with Gasteiger partial charge in [-0.05, 0) is 24.8 Å². The predicted molar refractivity (Wildman–Crippen MR) is 66.3 cm³/mol. The van der Waals surface area contributed by atoms with Crippen LogP contribution in [0.5, 0.6) is 0 Å². The van der Waals surface area contributed by atoms with Crippen molar-refractivity contribution in [2.75, 3.05) is 10.5 Å². The van der Waals surface area contributed by atoms with E-state index < -0.39 is 21.7 Å². The van der Waals surface area contributed by atoms with Crippen molar-refractivity contribution in [1.82, 2.24) is 0 Å². The van der Waals surface area contributed by atoms with Gasteiger partial charge in [0.2, 0.25) is 10.0 Å². The van der Waals surface area contributed by atoms with Crippen LogP contribution in [0, 0.1) is 11.3 Å². The Morgan fingerprint density at radius 1 is 1.50 bits per heavy atom. The average Bonchev–Trinajstić information content (AvgIpc) is 2.74. The van der Waals surface area contributed by atoms with Gasteiger partial charge in [-0.25, -0.2) is 13.2 Å². The van der Waals surface area contributed by atoms with Gasteiger partial charge >= 0.3 is 5.97 Å². The molecule has 8 heteroatoms. The zero-order valence-electron chi connectivity index (χ0n) is 9.26. The molecule has 0 aliphatic heterocycles. The summed E-state index contributed by atoms with van der Waals surface area (Å²) < 4.78 is 25.1. The molecule has 0 saturated carbocycles. The lowest BCUT2D eigenvalue weighted by molar-refractivity contribution is 0.0697. The fourth-order valence-corrected chi connectivity index (χ4v) is 4.27. The third-order valence-electron chi connectivity index (χ3n) is 2.64. The molecular weight excluding hydrogens is 276 g/mol. The quantitative estimate of drug-likeness (QED) is 0.864. The third-order valence-corrected chi connectivity index (χ3v) is 5.00. The Hall–Kier alpha value is -1.59. The van der Waals surface area contributed by atoms with E-state index in [-0.39, 0.29) is 10.6 Å². The number of nitriles is 1. The van der Waals surface area contributed by atoms with Gasteiger partial charge in [-0.1, -0.05) is 0 Å². The minimum atomic E-state index is -3.79. The van der Waals surface area contributed by atoms with Gasteiger partial charge in [-0.2, -0.15) is 5.26 Å². The summed E-state index contributed by atoms with van der Waals surface area (Å²) in [5.41, 5.74) is 0.760. The molecule has 6 nitrogen and oxygen atoms in total. The van der Waals surface area contributed by atoms with Gasteiger partial charge in [0.15, 0.2) is 5.75 Å². The smallest absolute Gasteiger partial charge is 0.339 e. The molecule has 1 heterocycles. The summed E-state index contributed by atoms with van der Waals surface area (Å²) in [6, 6.07) is 1.53. The fourth-order valence-electron chi connectivity index (χ4n) is 1.96. The van der Waals surface area contributed by atoms with Crippen LogP contribution in [-0.4, -0.2) is 25.2 Å². The van der Waals surface area contributed by atoms with Gasteiger partial charge in [-0.3, -0.25) is 4.72 Å². The summed E-state index contributed by atoms with van der Waals surface area (Å²) in [7, 11) is -3.79. The second-order valence-electron chi connectivity index (χ2n) is 3.89. The molecule has 1 aromatic rings. The first-order valence-electron chi connectivity index (χ1n) is 5.20. The summed E-state index contributed by atoms with van der Waals surface area (Å²) in [6.45, 7) is 0. The molecule has 1 aliphatic carbocycles. The number of hydrogen-bond donors (Lipinski definition) is 2. The maximum absolute atomic E-state index is 11.5. The highest BCUT2D eigenvalue weighted by Crippen LogP contribution is 2.39. The zero-order valence-corrected chi connectivity index (χ0v) is 10.9. The second-order valence-corrected chi connectivity index (χ2v) is 6.71. The first kappa shape index (κ1) is 12.9. The van der Waals surface area contributed by atoms with Crippen molar-refractivity contribution in [2.45, 2.75) is 19.3 Å². The molecule has 1 aliphatic rings. The van der Waals surface area contributed by atoms with Crippen molar-refractivity contribution in [3.05, 3.63) is 16.0 Å². The average molecular weight is 286 g/mol. The molecule has 18 heavy (non-hydrogen) atoms. The number of aryl methyl sites for hydroxylation is 1. The number of aromatic carboxylic acids is 1. The minimum Gasteiger partial charge on any atom is -0.478 e. The number of hydrogen-bond acceptors (Lipinski definition) is 5. The van der Waals surface area contributed by atoms with Crippen molar-refractivity contribution < 1.29 is 18.3 Å². The van der Waals surface area contributed by atoms with Crippen LogP contribution >= 0.6 is 11.3 Å². The number of fused-ring (bicyclic) bond motifs is 1. The first-order chi connectivity index (χ1) is 8.44. The number of carboxylic acids is 1. The summed E-state index contributed by atoms with van der Waals surface area (Å²) in [4.78, 5) is 12.1. The maximum Gasteiger partial charge on any atom is 0.339 e. The van der Waals surface area contributed by atoms with Crippen LogP contribution in [0.25, 0.3) is 0 Å². The number of anilines is 1. The van der Waals surface area contributed by atoms with E-state index in [9.17, 15) is 13.2 Å². The number of sulfonamides is 1. The number of carbonyl (C=O) groups is 1. The summed E-state index contributed by atoms with van der Waals surface area (Å²) in [5.74, 6) is -1.82. The van der Waals surface area contributed by atoms with E-state index in [1.807, 2.05) is 0 Å². The van der Waals surface area contributed by atoms with Crippen LogP contribution in [-0.2, 0) is 22.9 Å². The van der Waals surface area contributed by atoms with E-state index in [1.54, 1.807) is 0 Å². The normalized spacial score (nSPS) is 13.9.